The van der Waals surface area contributed by atoms with Crippen LogP contribution in [0.2, 0.25) is 0 Å². The highest BCUT2D eigenvalue weighted by atomic mass is 35.5. The molecule has 0 aliphatic heterocycles. The van der Waals surface area contributed by atoms with Gasteiger partial charge in [-0.3, -0.25) is 0 Å². The van der Waals surface area contributed by atoms with Crippen molar-refractivity contribution in [2.24, 2.45) is 0 Å². The zero-order chi connectivity index (χ0) is 13.1. The molecule has 4 nitrogen and oxygen atoms in total. The van der Waals surface area contributed by atoms with Gasteiger partial charge in [-0.2, -0.15) is 0 Å². The monoisotopic (exact) mass is 273 g/mol. The molecule has 104 valence electrons. The average molecular weight is 274 g/mol. The van der Waals surface area contributed by atoms with Crippen LogP contribution in [-0.4, -0.2) is 16.7 Å². The molecule has 1 aromatic heterocycles. The molecular weight excluding hydrogens is 250 g/mol. The molecule has 5 heteroatoms. The van der Waals surface area contributed by atoms with Gasteiger partial charge in [0.1, 0.15) is 5.88 Å². The lowest BCUT2D eigenvalue weighted by molar-refractivity contribution is 0.522. The topological polar surface area (TPSA) is 51.0 Å². The maximum absolute atomic E-state index is 5.57. The largest absolute Gasteiger partial charge is 0.407 e. The van der Waals surface area contributed by atoms with Crippen LogP contribution in [0.15, 0.2) is 4.42 Å². The molecule has 0 aliphatic rings. The highest BCUT2D eigenvalue weighted by Gasteiger charge is 2.02. The SMILES string of the molecule is CCCCCCCCCCNc1nnc(CCl)o1. The maximum atomic E-state index is 5.57. The quantitative estimate of drug-likeness (QED) is 0.481. The lowest BCUT2D eigenvalue weighted by Crippen LogP contribution is -2.01. The smallest absolute Gasteiger partial charge is 0.315 e. The molecule has 1 heterocycles. The number of nitrogens with one attached hydrogen (secondary N) is 1. The summed E-state index contributed by atoms with van der Waals surface area (Å²) in [7, 11) is 0. The number of halogens is 1. The van der Waals surface area contributed by atoms with Gasteiger partial charge < -0.3 is 9.73 Å². The number of alkyl halides is 1. The van der Waals surface area contributed by atoms with E-state index in [2.05, 4.69) is 22.4 Å². The van der Waals surface area contributed by atoms with Crippen molar-refractivity contribution in [3.63, 3.8) is 0 Å². The van der Waals surface area contributed by atoms with Gasteiger partial charge in [-0.15, -0.1) is 16.7 Å². The molecule has 0 unspecified atom stereocenters. The number of unbranched alkanes of at least 4 members (excludes halogenated alkanes) is 7. The van der Waals surface area contributed by atoms with E-state index in [9.17, 15) is 0 Å². The molecule has 0 radical (unpaired) electrons. The van der Waals surface area contributed by atoms with Gasteiger partial charge in [-0.05, 0) is 6.42 Å². The Hall–Kier alpha value is -0.770. The average Bonchev–Trinajstić information content (AvgIpc) is 2.85. The van der Waals surface area contributed by atoms with E-state index >= 15 is 0 Å². The lowest BCUT2D eigenvalue weighted by atomic mass is 10.1. The van der Waals surface area contributed by atoms with Crippen molar-refractivity contribution < 1.29 is 4.42 Å². The van der Waals surface area contributed by atoms with Crippen molar-refractivity contribution >= 4 is 17.6 Å². The van der Waals surface area contributed by atoms with Crippen LogP contribution in [0.5, 0.6) is 0 Å². The summed E-state index contributed by atoms with van der Waals surface area (Å²) in [6, 6.07) is 0.480. The Morgan fingerprint density at radius 2 is 1.67 bits per heavy atom. The van der Waals surface area contributed by atoms with E-state index in [1.165, 1.54) is 44.9 Å². The lowest BCUT2D eigenvalue weighted by Gasteiger charge is -2.02. The minimum absolute atomic E-state index is 0.270. The van der Waals surface area contributed by atoms with Gasteiger partial charge in [-0.1, -0.05) is 57.0 Å². The van der Waals surface area contributed by atoms with Gasteiger partial charge in [-0.25, -0.2) is 0 Å². The Morgan fingerprint density at radius 3 is 2.28 bits per heavy atom. The predicted octanol–water partition coefficient (Wildman–Crippen LogP) is 4.36. The molecule has 0 bridgehead atoms. The molecule has 0 saturated carbocycles. The molecular formula is C13H24ClN3O. The molecule has 0 amide bonds. The molecule has 0 aliphatic carbocycles. The van der Waals surface area contributed by atoms with E-state index in [0.29, 0.717) is 11.9 Å². The summed E-state index contributed by atoms with van der Waals surface area (Å²) in [6.45, 7) is 3.14. The maximum Gasteiger partial charge on any atom is 0.315 e. The van der Waals surface area contributed by atoms with Crippen LogP contribution in [0.1, 0.15) is 64.2 Å². The summed E-state index contributed by atoms with van der Waals surface area (Å²) in [6.07, 6.45) is 10.5. The van der Waals surface area contributed by atoms with Crippen molar-refractivity contribution in [2.75, 3.05) is 11.9 Å². The summed E-state index contributed by atoms with van der Waals surface area (Å²) < 4.78 is 5.24. The normalized spacial score (nSPS) is 10.8. The van der Waals surface area contributed by atoms with E-state index < -0.39 is 0 Å². The van der Waals surface area contributed by atoms with Crippen LogP contribution in [0, 0.1) is 0 Å². The van der Waals surface area contributed by atoms with Gasteiger partial charge in [0, 0.05) is 6.54 Å². The molecule has 1 rings (SSSR count). The molecule has 0 fully saturated rings. The third-order valence-electron chi connectivity index (χ3n) is 2.89. The van der Waals surface area contributed by atoms with Crippen LogP contribution in [-0.2, 0) is 5.88 Å². The zero-order valence-corrected chi connectivity index (χ0v) is 12.0. The van der Waals surface area contributed by atoms with Crippen molar-refractivity contribution in [1.29, 1.82) is 0 Å². The molecule has 0 spiro atoms. The Kier molecular flexibility index (Phi) is 8.65. The third kappa shape index (κ3) is 6.84. The van der Waals surface area contributed by atoms with E-state index in [1.807, 2.05) is 0 Å². The highest BCUT2D eigenvalue weighted by Crippen LogP contribution is 2.10. The van der Waals surface area contributed by atoms with Gasteiger partial charge in [0.2, 0.25) is 5.89 Å². The van der Waals surface area contributed by atoms with Crippen LogP contribution in [0.4, 0.5) is 6.01 Å². The minimum Gasteiger partial charge on any atom is -0.407 e. The molecule has 0 aromatic carbocycles. The van der Waals surface area contributed by atoms with Gasteiger partial charge >= 0.3 is 6.01 Å². The first-order chi connectivity index (χ1) is 8.86. The molecule has 1 aromatic rings. The first-order valence-electron chi connectivity index (χ1n) is 6.99. The Labute approximate surface area is 115 Å². The zero-order valence-electron chi connectivity index (χ0n) is 11.3. The van der Waals surface area contributed by atoms with Crippen molar-refractivity contribution in [3.8, 4) is 0 Å². The fraction of sp³-hybridized carbons (Fsp3) is 0.846. The summed E-state index contributed by atoms with van der Waals surface area (Å²) >= 11 is 5.57. The molecule has 1 N–H and O–H groups in total. The van der Waals surface area contributed by atoms with Crippen molar-refractivity contribution in [1.82, 2.24) is 10.2 Å². The highest BCUT2D eigenvalue weighted by molar-refractivity contribution is 6.16. The van der Waals surface area contributed by atoms with E-state index in [-0.39, 0.29) is 5.88 Å². The Morgan fingerprint density at radius 1 is 1.00 bits per heavy atom. The van der Waals surface area contributed by atoms with Crippen LogP contribution in [0.3, 0.4) is 0 Å². The van der Waals surface area contributed by atoms with Gasteiger partial charge in [0.25, 0.3) is 0 Å². The number of aromatic nitrogens is 2. The van der Waals surface area contributed by atoms with E-state index in [4.69, 9.17) is 16.0 Å². The van der Waals surface area contributed by atoms with Crippen LogP contribution >= 0.6 is 11.6 Å². The number of rotatable bonds is 11. The fourth-order valence-electron chi connectivity index (χ4n) is 1.83. The summed E-state index contributed by atoms with van der Waals surface area (Å²) in [5.74, 6) is 0.738. The van der Waals surface area contributed by atoms with Crippen molar-refractivity contribution in [3.05, 3.63) is 5.89 Å². The van der Waals surface area contributed by atoms with Crippen LogP contribution in [0.25, 0.3) is 0 Å². The standard InChI is InChI=1S/C13H24ClN3O/c1-2-3-4-5-6-7-8-9-10-15-13-17-16-12(11-14)18-13/h2-11H2,1H3,(H,15,17). The predicted molar refractivity (Wildman–Crippen MR) is 75.0 cm³/mol. The van der Waals surface area contributed by atoms with Gasteiger partial charge in [0.15, 0.2) is 0 Å². The number of hydrogen-bond acceptors (Lipinski definition) is 4. The summed E-state index contributed by atoms with van der Waals surface area (Å²) in [5.41, 5.74) is 0. The second-order valence-corrected chi connectivity index (χ2v) is 4.80. The summed E-state index contributed by atoms with van der Waals surface area (Å²) in [4.78, 5) is 0. The Balaban J connectivity index is 1.89. The molecule has 18 heavy (non-hydrogen) atoms. The minimum atomic E-state index is 0.270. The number of anilines is 1. The molecule has 0 atom stereocenters. The van der Waals surface area contributed by atoms with Crippen LogP contribution < -0.4 is 5.32 Å². The summed E-state index contributed by atoms with van der Waals surface area (Å²) in [5, 5.41) is 10.7. The number of nitrogens with zero attached hydrogens (tertiary/aromatic N) is 2. The second kappa shape index (κ2) is 10.2. The van der Waals surface area contributed by atoms with Crippen molar-refractivity contribution in [2.45, 2.75) is 64.2 Å². The van der Waals surface area contributed by atoms with E-state index in [0.717, 1.165) is 13.0 Å². The first-order valence-corrected chi connectivity index (χ1v) is 7.52. The molecule has 0 saturated heterocycles. The number of hydrogen-bond donors (Lipinski definition) is 1. The first kappa shape index (κ1) is 15.3. The van der Waals surface area contributed by atoms with E-state index in [1.54, 1.807) is 0 Å². The van der Waals surface area contributed by atoms with Gasteiger partial charge in [0.05, 0.1) is 0 Å². The fourth-order valence-corrected chi connectivity index (χ4v) is 1.94. The third-order valence-corrected chi connectivity index (χ3v) is 3.12. The Bertz CT molecular complexity index is 304. The second-order valence-electron chi connectivity index (χ2n) is 4.54.